The molecule has 1 saturated heterocycles. The maximum Gasteiger partial charge on any atom is 0.380 e. The molecule has 2 aliphatic rings. The fourth-order valence-corrected chi connectivity index (χ4v) is 5.15. The highest BCUT2D eigenvalue weighted by Crippen LogP contribution is 2.26. The van der Waals surface area contributed by atoms with Gasteiger partial charge < -0.3 is 18.9 Å². The van der Waals surface area contributed by atoms with Gasteiger partial charge in [0.2, 0.25) is 0 Å². The largest absolute Gasteiger partial charge is 0.380 e. The van der Waals surface area contributed by atoms with Gasteiger partial charge >= 0.3 is 10.3 Å². The number of anilines is 1. The number of hydrogen-bond donors (Lipinski definition) is 1. The zero-order chi connectivity index (χ0) is 24.1. The van der Waals surface area contributed by atoms with Gasteiger partial charge in [-0.2, -0.15) is 13.6 Å². The van der Waals surface area contributed by atoms with E-state index in [2.05, 4.69) is 16.8 Å². The zero-order valence-electron chi connectivity index (χ0n) is 19.8. The summed E-state index contributed by atoms with van der Waals surface area (Å²) in [6, 6.07) is 12.8. The molecule has 184 valence electrons. The van der Waals surface area contributed by atoms with Crippen molar-refractivity contribution in [3.63, 3.8) is 0 Å². The Morgan fingerprint density at radius 1 is 1.03 bits per heavy atom. The van der Waals surface area contributed by atoms with Gasteiger partial charge in [0, 0.05) is 37.9 Å². The Kier molecular flexibility index (Phi) is 7.75. The van der Waals surface area contributed by atoms with Gasteiger partial charge in [-0.1, -0.05) is 12.5 Å². The second kappa shape index (κ2) is 10.8. The molecule has 0 radical (unpaired) electrons. The fourth-order valence-electron chi connectivity index (χ4n) is 4.78. The molecule has 0 unspecified atom stereocenters. The first kappa shape index (κ1) is 24.5. The predicted octanol–water partition coefficient (Wildman–Crippen LogP) is 2.78. The summed E-state index contributed by atoms with van der Waals surface area (Å²) in [5, 5.41) is 4.97. The molecule has 0 saturated carbocycles. The number of amides is 1. The molecule has 0 spiro atoms. The van der Waals surface area contributed by atoms with E-state index >= 15 is 0 Å². The molecule has 0 atom stereocenters. The Balaban J connectivity index is 1.33. The minimum Gasteiger partial charge on any atom is -0.375 e. The number of hydrogen-bond acceptors (Lipinski definition) is 6. The SMILES string of the molecule is CN(CCCN1CCCCC1)c1ccc(C(=O)N2CCc3ccc(OS(N)(=O)=O)cc3C2)cc1. The van der Waals surface area contributed by atoms with Crippen molar-refractivity contribution in [3.05, 3.63) is 59.2 Å². The highest BCUT2D eigenvalue weighted by molar-refractivity contribution is 7.84. The number of carbonyl (C=O) groups is 1. The lowest BCUT2D eigenvalue weighted by Gasteiger charge is -2.29. The Labute approximate surface area is 202 Å². The minimum atomic E-state index is -4.09. The number of benzene rings is 2. The van der Waals surface area contributed by atoms with E-state index in [1.165, 1.54) is 32.4 Å². The number of carbonyl (C=O) groups excluding carboxylic acids is 1. The van der Waals surface area contributed by atoms with Crippen LogP contribution in [0.5, 0.6) is 5.75 Å². The Morgan fingerprint density at radius 2 is 1.76 bits per heavy atom. The van der Waals surface area contributed by atoms with Crippen LogP contribution in [0.15, 0.2) is 42.5 Å². The van der Waals surface area contributed by atoms with E-state index < -0.39 is 10.3 Å². The molecule has 4 rings (SSSR count). The third kappa shape index (κ3) is 6.49. The molecular weight excluding hydrogens is 452 g/mol. The van der Waals surface area contributed by atoms with E-state index in [4.69, 9.17) is 9.32 Å². The first-order chi connectivity index (χ1) is 16.3. The molecular formula is C25H34N4O4S. The minimum absolute atomic E-state index is 0.0391. The van der Waals surface area contributed by atoms with Crippen molar-refractivity contribution in [1.82, 2.24) is 9.80 Å². The summed E-state index contributed by atoms with van der Waals surface area (Å²) in [4.78, 5) is 19.7. The van der Waals surface area contributed by atoms with Crippen LogP contribution in [0, 0.1) is 0 Å². The Hall–Kier alpha value is -2.62. The lowest BCUT2D eigenvalue weighted by molar-refractivity contribution is 0.0734. The molecule has 2 N–H and O–H groups in total. The molecule has 2 heterocycles. The number of piperidine rings is 1. The van der Waals surface area contributed by atoms with E-state index in [9.17, 15) is 13.2 Å². The predicted molar refractivity (Wildman–Crippen MR) is 133 cm³/mol. The van der Waals surface area contributed by atoms with Crippen molar-refractivity contribution >= 4 is 21.9 Å². The number of likely N-dealkylation sites (tertiary alicyclic amines) is 1. The molecule has 2 aromatic rings. The van der Waals surface area contributed by atoms with E-state index in [1.807, 2.05) is 30.3 Å². The van der Waals surface area contributed by atoms with Gasteiger partial charge in [-0.05, 0) is 92.8 Å². The molecule has 2 aliphatic heterocycles. The number of nitrogens with zero attached hydrogens (tertiary/aromatic N) is 3. The van der Waals surface area contributed by atoms with Gasteiger partial charge in [0.15, 0.2) is 0 Å². The van der Waals surface area contributed by atoms with E-state index in [1.54, 1.807) is 17.0 Å². The molecule has 0 aromatic heterocycles. The molecule has 0 aliphatic carbocycles. The van der Waals surface area contributed by atoms with Crippen molar-refractivity contribution in [2.75, 3.05) is 44.7 Å². The first-order valence-electron chi connectivity index (χ1n) is 12.0. The second-order valence-electron chi connectivity index (χ2n) is 9.21. The summed E-state index contributed by atoms with van der Waals surface area (Å²) in [6.45, 7) is 5.58. The second-order valence-corrected chi connectivity index (χ2v) is 10.4. The lowest BCUT2D eigenvalue weighted by atomic mass is 9.99. The third-order valence-electron chi connectivity index (χ3n) is 6.66. The van der Waals surface area contributed by atoms with E-state index in [0.29, 0.717) is 25.1 Å². The Morgan fingerprint density at radius 3 is 2.47 bits per heavy atom. The topological polar surface area (TPSA) is 96.2 Å². The average Bonchev–Trinajstić information content (AvgIpc) is 2.83. The fraction of sp³-hybridized carbons (Fsp3) is 0.480. The van der Waals surface area contributed by atoms with Crippen molar-refractivity contribution in [2.45, 2.75) is 38.6 Å². The molecule has 1 amide bonds. The number of rotatable bonds is 8. The van der Waals surface area contributed by atoms with Crippen LogP contribution in [0.1, 0.15) is 47.2 Å². The normalized spacial score (nSPS) is 16.7. The van der Waals surface area contributed by atoms with Crippen LogP contribution in [0.4, 0.5) is 5.69 Å². The standard InChI is InChI=1S/C25H34N4O4S/c1-27(13-5-16-28-14-3-2-4-15-28)23-9-6-21(7-10-23)25(30)29-17-12-20-8-11-24(18-22(20)19-29)33-34(26,31)32/h6-11,18H,2-5,12-17,19H2,1H3,(H2,26,31,32). The third-order valence-corrected chi connectivity index (χ3v) is 7.09. The van der Waals surface area contributed by atoms with E-state index in [-0.39, 0.29) is 11.7 Å². The highest BCUT2D eigenvalue weighted by atomic mass is 32.2. The van der Waals surface area contributed by atoms with Crippen LogP contribution < -0.4 is 14.2 Å². The van der Waals surface area contributed by atoms with Crippen LogP contribution in [0.2, 0.25) is 0 Å². The summed E-state index contributed by atoms with van der Waals surface area (Å²) in [5.41, 5.74) is 3.69. The van der Waals surface area contributed by atoms with Gasteiger partial charge in [0.1, 0.15) is 5.75 Å². The summed E-state index contributed by atoms with van der Waals surface area (Å²) in [7, 11) is -1.99. The van der Waals surface area contributed by atoms with Crippen LogP contribution in [0.25, 0.3) is 0 Å². The smallest absolute Gasteiger partial charge is 0.375 e. The summed E-state index contributed by atoms with van der Waals surface area (Å²) in [6.07, 6.45) is 5.83. The lowest BCUT2D eigenvalue weighted by Crippen LogP contribution is -2.36. The maximum absolute atomic E-state index is 13.1. The maximum atomic E-state index is 13.1. The van der Waals surface area contributed by atoms with Gasteiger partial charge in [-0.15, -0.1) is 0 Å². The molecule has 9 heteroatoms. The quantitative estimate of drug-likeness (QED) is 0.616. The monoisotopic (exact) mass is 486 g/mol. The van der Waals surface area contributed by atoms with Gasteiger partial charge in [0.05, 0.1) is 0 Å². The number of nitrogens with two attached hydrogens (primary N) is 1. The molecule has 0 bridgehead atoms. The Bertz CT molecular complexity index is 1100. The van der Waals surface area contributed by atoms with Gasteiger partial charge in [-0.3, -0.25) is 4.79 Å². The van der Waals surface area contributed by atoms with Crippen molar-refractivity contribution in [1.29, 1.82) is 0 Å². The van der Waals surface area contributed by atoms with Crippen molar-refractivity contribution < 1.29 is 17.4 Å². The highest BCUT2D eigenvalue weighted by Gasteiger charge is 2.23. The van der Waals surface area contributed by atoms with Crippen molar-refractivity contribution in [3.8, 4) is 5.75 Å². The van der Waals surface area contributed by atoms with E-state index in [0.717, 1.165) is 36.3 Å². The van der Waals surface area contributed by atoms with Crippen LogP contribution in [0.3, 0.4) is 0 Å². The molecule has 2 aromatic carbocycles. The summed E-state index contributed by atoms with van der Waals surface area (Å²) < 4.78 is 27.2. The first-order valence-corrected chi connectivity index (χ1v) is 13.4. The summed E-state index contributed by atoms with van der Waals surface area (Å²) in [5.74, 6) is 0.117. The van der Waals surface area contributed by atoms with Crippen LogP contribution in [-0.4, -0.2) is 63.9 Å². The summed E-state index contributed by atoms with van der Waals surface area (Å²) >= 11 is 0. The zero-order valence-corrected chi connectivity index (χ0v) is 20.6. The average molecular weight is 487 g/mol. The van der Waals surface area contributed by atoms with Crippen LogP contribution >= 0.6 is 0 Å². The van der Waals surface area contributed by atoms with Crippen LogP contribution in [-0.2, 0) is 23.3 Å². The molecule has 1 fully saturated rings. The molecule has 8 nitrogen and oxygen atoms in total. The van der Waals surface area contributed by atoms with Gasteiger partial charge in [0.25, 0.3) is 5.91 Å². The van der Waals surface area contributed by atoms with Gasteiger partial charge in [-0.25, -0.2) is 0 Å². The van der Waals surface area contributed by atoms with Crippen molar-refractivity contribution in [2.24, 2.45) is 5.14 Å². The molecule has 34 heavy (non-hydrogen) atoms. The number of fused-ring (bicyclic) bond motifs is 1.